The van der Waals surface area contributed by atoms with Gasteiger partial charge in [0, 0.05) is 55.1 Å². The largest absolute Gasteiger partial charge is 0.343 e. The summed E-state index contributed by atoms with van der Waals surface area (Å²) in [7, 11) is 0. The Morgan fingerprint density at radius 1 is 1.35 bits per heavy atom. The van der Waals surface area contributed by atoms with Crippen molar-refractivity contribution < 1.29 is 4.79 Å². The summed E-state index contributed by atoms with van der Waals surface area (Å²) in [5.41, 5.74) is 0. The summed E-state index contributed by atoms with van der Waals surface area (Å²) in [6, 6.07) is 0.623. The number of nitrogens with one attached hydrogen (secondary N) is 1. The van der Waals surface area contributed by atoms with Gasteiger partial charge in [-0.1, -0.05) is 0 Å². The molecule has 2 aliphatic rings. The lowest BCUT2D eigenvalue weighted by Gasteiger charge is -2.33. The monoisotopic (exact) mass is 274 g/mol. The normalized spacial score (nSPS) is 27.1. The summed E-state index contributed by atoms with van der Waals surface area (Å²) in [6.07, 6.45) is 2.23. The van der Waals surface area contributed by atoms with E-state index in [-0.39, 0.29) is 5.91 Å². The van der Waals surface area contributed by atoms with E-state index < -0.39 is 0 Å². The van der Waals surface area contributed by atoms with Gasteiger partial charge in [0.2, 0.25) is 5.91 Å². The first-order valence-electron chi connectivity index (χ1n) is 6.44. The van der Waals surface area contributed by atoms with Crippen molar-refractivity contribution in [3.8, 4) is 0 Å². The molecule has 0 bridgehead atoms. The van der Waals surface area contributed by atoms with Gasteiger partial charge in [0.1, 0.15) is 0 Å². The Kier molecular flexibility index (Phi) is 5.50. The van der Waals surface area contributed by atoms with E-state index in [1.807, 2.05) is 4.90 Å². The molecule has 1 unspecified atom stereocenters. The van der Waals surface area contributed by atoms with Crippen LogP contribution in [0.2, 0.25) is 0 Å². The Hall–Kier alpha value is 0.130. The smallest absolute Gasteiger partial charge is 0.219 e. The van der Waals surface area contributed by atoms with E-state index in [0.717, 1.165) is 37.7 Å². The van der Waals surface area contributed by atoms with E-state index in [1.165, 1.54) is 17.3 Å². The van der Waals surface area contributed by atoms with Crippen LogP contribution in [0.25, 0.3) is 0 Å². The molecule has 0 radical (unpaired) electrons. The van der Waals surface area contributed by atoms with Crippen molar-refractivity contribution in [2.75, 3.05) is 36.9 Å². The third-order valence-electron chi connectivity index (χ3n) is 3.46. The van der Waals surface area contributed by atoms with Crippen molar-refractivity contribution in [1.82, 2.24) is 10.2 Å². The summed E-state index contributed by atoms with van der Waals surface area (Å²) in [6.45, 7) is 4.67. The van der Waals surface area contributed by atoms with Crippen molar-refractivity contribution >= 4 is 29.4 Å². The van der Waals surface area contributed by atoms with E-state index in [0.29, 0.717) is 6.04 Å². The molecule has 2 aliphatic heterocycles. The molecule has 3 nitrogen and oxygen atoms in total. The standard InChI is InChI=1S/C12H22N2OS2/c1-10(15)14-4-2-11(3-5-14)13-8-12-9-16-6-7-17-12/h11-13H,2-9H2,1H3. The lowest BCUT2D eigenvalue weighted by molar-refractivity contribution is -0.129. The van der Waals surface area contributed by atoms with Crippen molar-refractivity contribution in [1.29, 1.82) is 0 Å². The summed E-state index contributed by atoms with van der Waals surface area (Å²) >= 11 is 4.19. The van der Waals surface area contributed by atoms with E-state index in [4.69, 9.17) is 0 Å². The molecule has 0 aliphatic carbocycles. The van der Waals surface area contributed by atoms with Gasteiger partial charge in [-0.25, -0.2) is 0 Å². The molecular weight excluding hydrogens is 252 g/mol. The van der Waals surface area contributed by atoms with Gasteiger partial charge in [-0.05, 0) is 12.8 Å². The predicted octanol–water partition coefficient (Wildman–Crippen LogP) is 1.44. The van der Waals surface area contributed by atoms with Crippen molar-refractivity contribution in [3.63, 3.8) is 0 Å². The second kappa shape index (κ2) is 6.90. The van der Waals surface area contributed by atoms with Crippen molar-refractivity contribution in [3.05, 3.63) is 0 Å². The van der Waals surface area contributed by atoms with Crippen LogP contribution < -0.4 is 5.32 Å². The van der Waals surface area contributed by atoms with Gasteiger partial charge in [-0.3, -0.25) is 4.79 Å². The number of thioether (sulfide) groups is 2. The maximum absolute atomic E-state index is 11.2. The third-order valence-corrected chi connectivity index (χ3v) is 6.30. The highest BCUT2D eigenvalue weighted by Crippen LogP contribution is 2.23. The van der Waals surface area contributed by atoms with Crippen LogP contribution in [-0.4, -0.2) is 59.0 Å². The number of nitrogens with zero attached hydrogens (tertiary/aromatic N) is 1. The fourth-order valence-electron chi connectivity index (χ4n) is 2.35. The number of rotatable bonds is 3. The molecule has 5 heteroatoms. The van der Waals surface area contributed by atoms with Gasteiger partial charge in [0.05, 0.1) is 0 Å². The highest BCUT2D eigenvalue weighted by molar-refractivity contribution is 8.06. The molecule has 2 fully saturated rings. The highest BCUT2D eigenvalue weighted by Gasteiger charge is 2.21. The predicted molar refractivity (Wildman–Crippen MR) is 76.8 cm³/mol. The second-order valence-corrected chi connectivity index (χ2v) is 7.31. The molecule has 1 amide bonds. The Labute approximate surface area is 112 Å². The maximum Gasteiger partial charge on any atom is 0.219 e. The molecule has 0 saturated carbocycles. The average molecular weight is 274 g/mol. The summed E-state index contributed by atoms with van der Waals surface area (Å²) < 4.78 is 0. The number of hydrogen-bond donors (Lipinski definition) is 1. The fraction of sp³-hybridized carbons (Fsp3) is 0.917. The third kappa shape index (κ3) is 4.38. The maximum atomic E-state index is 11.2. The Bertz CT molecular complexity index is 249. The van der Waals surface area contributed by atoms with Gasteiger partial charge < -0.3 is 10.2 Å². The van der Waals surface area contributed by atoms with Crippen LogP contribution in [0.5, 0.6) is 0 Å². The molecule has 17 heavy (non-hydrogen) atoms. The molecule has 1 atom stereocenters. The van der Waals surface area contributed by atoms with Crippen LogP contribution in [0.1, 0.15) is 19.8 Å². The highest BCUT2D eigenvalue weighted by atomic mass is 32.2. The fourth-order valence-corrected chi connectivity index (χ4v) is 4.98. The number of likely N-dealkylation sites (tertiary alicyclic amines) is 1. The molecule has 0 aromatic rings. The van der Waals surface area contributed by atoms with Crippen LogP contribution in [0, 0.1) is 0 Å². The lowest BCUT2D eigenvalue weighted by Crippen LogP contribution is -2.46. The minimum absolute atomic E-state index is 0.225. The second-order valence-electron chi connectivity index (χ2n) is 4.76. The van der Waals surface area contributed by atoms with Crippen LogP contribution in [0.15, 0.2) is 0 Å². The van der Waals surface area contributed by atoms with Crippen LogP contribution in [0.4, 0.5) is 0 Å². The zero-order valence-corrected chi connectivity index (χ0v) is 12.1. The average Bonchev–Trinajstić information content (AvgIpc) is 2.38. The number of carbonyl (C=O) groups excluding carboxylic acids is 1. The molecule has 98 valence electrons. The minimum Gasteiger partial charge on any atom is -0.343 e. The van der Waals surface area contributed by atoms with Gasteiger partial charge in [0.15, 0.2) is 0 Å². The van der Waals surface area contributed by atoms with E-state index in [2.05, 4.69) is 28.8 Å². The molecule has 1 N–H and O–H groups in total. The number of amides is 1. The van der Waals surface area contributed by atoms with Gasteiger partial charge in [-0.2, -0.15) is 23.5 Å². The molecule has 2 saturated heterocycles. The van der Waals surface area contributed by atoms with Crippen LogP contribution in [0.3, 0.4) is 0 Å². The molecule has 2 rings (SSSR count). The Morgan fingerprint density at radius 3 is 2.71 bits per heavy atom. The quantitative estimate of drug-likeness (QED) is 0.844. The first-order valence-corrected chi connectivity index (χ1v) is 8.64. The van der Waals surface area contributed by atoms with Crippen LogP contribution >= 0.6 is 23.5 Å². The van der Waals surface area contributed by atoms with Crippen molar-refractivity contribution in [2.45, 2.75) is 31.1 Å². The molecule has 2 heterocycles. The van der Waals surface area contributed by atoms with E-state index in [9.17, 15) is 4.79 Å². The number of hydrogen-bond acceptors (Lipinski definition) is 4. The van der Waals surface area contributed by atoms with E-state index in [1.54, 1.807) is 6.92 Å². The summed E-state index contributed by atoms with van der Waals surface area (Å²) in [5.74, 6) is 4.14. The lowest BCUT2D eigenvalue weighted by atomic mass is 10.1. The summed E-state index contributed by atoms with van der Waals surface area (Å²) in [5, 5.41) is 4.47. The SMILES string of the molecule is CC(=O)N1CCC(NCC2CSCCS2)CC1. The van der Waals surface area contributed by atoms with Gasteiger partial charge in [0.25, 0.3) is 0 Å². The number of piperidine rings is 1. The zero-order valence-electron chi connectivity index (χ0n) is 10.5. The van der Waals surface area contributed by atoms with Gasteiger partial charge >= 0.3 is 0 Å². The molecule has 0 spiro atoms. The molecular formula is C12H22N2OS2. The van der Waals surface area contributed by atoms with Gasteiger partial charge in [-0.15, -0.1) is 0 Å². The Balaban J connectivity index is 1.62. The van der Waals surface area contributed by atoms with Crippen LogP contribution in [-0.2, 0) is 4.79 Å². The minimum atomic E-state index is 0.225. The Morgan fingerprint density at radius 2 is 2.12 bits per heavy atom. The first-order chi connectivity index (χ1) is 8.25. The zero-order chi connectivity index (χ0) is 12.1. The van der Waals surface area contributed by atoms with E-state index >= 15 is 0 Å². The number of carbonyl (C=O) groups is 1. The molecule has 0 aromatic carbocycles. The first kappa shape index (κ1) is 13.6. The topological polar surface area (TPSA) is 32.3 Å². The molecule has 0 aromatic heterocycles. The summed E-state index contributed by atoms with van der Waals surface area (Å²) in [4.78, 5) is 13.2. The van der Waals surface area contributed by atoms with Crippen molar-refractivity contribution in [2.24, 2.45) is 0 Å².